The normalized spacial score (nSPS) is 22.7. The molecule has 0 radical (unpaired) electrons. The Labute approximate surface area is 139 Å². The summed E-state index contributed by atoms with van der Waals surface area (Å²) in [6.07, 6.45) is 4.00. The van der Waals surface area contributed by atoms with Gasteiger partial charge in [0.2, 0.25) is 5.91 Å². The number of carbonyl (C=O) groups is 3. The smallest absolute Gasteiger partial charge is 0.308 e. The van der Waals surface area contributed by atoms with E-state index in [-0.39, 0.29) is 17.9 Å². The maximum absolute atomic E-state index is 12.3. The SMILES string of the molecule is CC(NC(=O)c1cccs1)C(=O)N[C@H]1CCCCC[C@H]1C(=O)O. The maximum Gasteiger partial charge on any atom is 0.308 e. The van der Waals surface area contributed by atoms with Gasteiger partial charge in [-0.3, -0.25) is 14.4 Å². The minimum Gasteiger partial charge on any atom is -0.481 e. The number of amides is 2. The first kappa shape index (κ1) is 17.5. The van der Waals surface area contributed by atoms with E-state index in [0.717, 1.165) is 19.3 Å². The van der Waals surface area contributed by atoms with Crippen LogP contribution in [0.2, 0.25) is 0 Å². The Kier molecular flexibility index (Phi) is 6.15. The lowest BCUT2D eigenvalue weighted by Crippen LogP contribution is -2.50. The molecule has 1 aliphatic rings. The average Bonchev–Trinajstić information content (AvgIpc) is 2.94. The number of rotatable bonds is 5. The molecule has 0 bridgehead atoms. The van der Waals surface area contributed by atoms with Gasteiger partial charge in [-0.05, 0) is 31.2 Å². The third-order valence-corrected chi connectivity index (χ3v) is 5.02. The molecule has 0 aromatic carbocycles. The zero-order valence-corrected chi connectivity index (χ0v) is 13.9. The summed E-state index contributed by atoms with van der Waals surface area (Å²) in [4.78, 5) is 36.2. The van der Waals surface area contributed by atoms with E-state index in [2.05, 4.69) is 10.6 Å². The van der Waals surface area contributed by atoms with E-state index in [4.69, 9.17) is 0 Å². The number of aliphatic carboxylic acids is 1. The predicted molar refractivity (Wildman–Crippen MR) is 87.4 cm³/mol. The van der Waals surface area contributed by atoms with Crippen molar-refractivity contribution >= 4 is 29.1 Å². The number of hydrogen-bond acceptors (Lipinski definition) is 4. The summed E-state index contributed by atoms with van der Waals surface area (Å²) >= 11 is 1.31. The van der Waals surface area contributed by atoms with Gasteiger partial charge in [0.15, 0.2) is 0 Å². The molecule has 2 rings (SSSR count). The molecule has 0 saturated heterocycles. The fraction of sp³-hybridized carbons (Fsp3) is 0.562. The zero-order valence-electron chi connectivity index (χ0n) is 13.1. The highest BCUT2D eigenvalue weighted by Gasteiger charge is 2.31. The lowest BCUT2D eigenvalue weighted by Gasteiger charge is -2.24. The van der Waals surface area contributed by atoms with Gasteiger partial charge in [-0.2, -0.15) is 0 Å². The van der Waals surface area contributed by atoms with Crippen LogP contribution in [0.4, 0.5) is 0 Å². The first-order chi connectivity index (χ1) is 11.0. The average molecular weight is 338 g/mol. The Balaban J connectivity index is 1.93. The molecule has 1 unspecified atom stereocenters. The van der Waals surface area contributed by atoms with Crippen LogP contribution in [0.1, 0.15) is 48.7 Å². The quantitative estimate of drug-likeness (QED) is 0.716. The Morgan fingerprint density at radius 2 is 2.00 bits per heavy atom. The molecule has 23 heavy (non-hydrogen) atoms. The molecule has 7 heteroatoms. The van der Waals surface area contributed by atoms with Crippen LogP contribution in [-0.2, 0) is 9.59 Å². The monoisotopic (exact) mass is 338 g/mol. The van der Waals surface area contributed by atoms with E-state index in [0.29, 0.717) is 17.7 Å². The third kappa shape index (κ3) is 4.79. The fourth-order valence-electron chi connectivity index (χ4n) is 2.82. The molecule has 0 aliphatic heterocycles. The molecule has 3 atom stereocenters. The minimum atomic E-state index is -0.868. The standard InChI is InChI=1S/C16H22N2O4S/c1-10(17-15(20)13-8-5-9-23-13)14(19)18-12-7-4-2-3-6-11(12)16(21)22/h5,8-12H,2-4,6-7H2,1H3,(H,17,20)(H,18,19)(H,21,22)/t10?,11-,12+/m1/s1. The maximum atomic E-state index is 12.3. The molecule has 1 aromatic rings. The summed E-state index contributed by atoms with van der Waals surface area (Å²) in [6.45, 7) is 1.60. The predicted octanol–water partition coefficient (Wildman–Crippen LogP) is 2.02. The molecular formula is C16H22N2O4S. The second-order valence-corrected chi connectivity index (χ2v) is 6.82. The van der Waals surface area contributed by atoms with Gasteiger partial charge < -0.3 is 15.7 Å². The lowest BCUT2D eigenvalue weighted by molar-refractivity contribution is -0.143. The highest BCUT2D eigenvalue weighted by atomic mass is 32.1. The van der Waals surface area contributed by atoms with Crippen LogP contribution < -0.4 is 10.6 Å². The molecule has 126 valence electrons. The van der Waals surface area contributed by atoms with Gasteiger partial charge in [0, 0.05) is 6.04 Å². The molecule has 1 aliphatic carbocycles. The fourth-order valence-corrected chi connectivity index (χ4v) is 3.45. The van der Waals surface area contributed by atoms with Crippen molar-refractivity contribution in [1.29, 1.82) is 0 Å². The molecule has 6 nitrogen and oxygen atoms in total. The molecule has 1 aromatic heterocycles. The van der Waals surface area contributed by atoms with Gasteiger partial charge in [-0.15, -0.1) is 11.3 Å². The highest BCUT2D eigenvalue weighted by Crippen LogP contribution is 2.24. The van der Waals surface area contributed by atoms with Crippen molar-refractivity contribution in [3.8, 4) is 0 Å². The Morgan fingerprint density at radius 1 is 1.26 bits per heavy atom. The van der Waals surface area contributed by atoms with Gasteiger partial charge in [-0.25, -0.2) is 0 Å². The number of thiophene rings is 1. The van der Waals surface area contributed by atoms with Crippen molar-refractivity contribution < 1.29 is 19.5 Å². The van der Waals surface area contributed by atoms with Crippen molar-refractivity contribution in [2.45, 2.75) is 51.1 Å². The second-order valence-electron chi connectivity index (χ2n) is 5.87. The Hall–Kier alpha value is -1.89. The Morgan fingerprint density at radius 3 is 2.65 bits per heavy atom. The van der Waals surface area contributed by atoms with Gasteiger partial charge in [0.1, 0.15) is 6.04 Å². The second kappa shape index (κ2) is 8.10. The van der Waals surface area contributed by atoms with Crippen molar-refractivity contribution in [3.63, 3.8) is 0 Å². The van der Waals surface area contributed by atoms with Crippen molar-refractivity contribution in [3.05, 3.63) is 22.4 Å². The lowest BCUT2D eigenvalue weighted by atomic mass is 9.94. The largest absolute Gasteiger partial charge is 0.481 e. The summed E-state index contributed by atoms with van der Waals surface area (Å²) in [6, 6.07) is 2.38. The molecule has 1 heterocycles. The van der Waals surface area contributed by atoms with E-state index in [1.54, 1.807) is 24.4 Å². The van der Waals surface area contributed by atoms with Crippen molar-refractivity contribution in [1.82, 2.24) is 10.6 Å². The highest BCUT2D eigenvalue weighted by molar-refractivity contribution is 7.12. The van der Waals surface area contributed by atoms with Gasteiger partial charge in [0.25, 0.3) is 5.91 Å². The molecule has 1 fully saturated rings. The van der Waals surface area contributed by atoms with Crippen LogP contribution in [0.15, 0.2) is 17.5 Å². The number of hydrogen-bond donors (Lipinski definition) is 3. The summed E-state index contributed by atoms with van der Waals surface area (Å²) < 4.78 is 0. The number of nitrogens with one attached hydrogen (secondary N) is 2. The molecular weight excluding hydrogens is 316 g/mol. The van der Waals surface area contributed by atoms with Crippen LogP contribution in [0.5, 0.6) is 0 Å². The molecule has 1 saturated carbocycles. The summed E-state index contributed by atoms with van der Waals surface area (Å²) in [5, 5.41) is 16.6. The van der Waals surface area contributed by atoms with Crippen LogP contribution in [-0.4, -0.2) is 35.0 Å². The van der Waals surface area contributed by atoms with Gasteiger partial charge >= 0.3 is 5.97 Å². The molecule has 3 N–H and O–H groups in total. The molecule has 2 amide bonds. The van der Waals surface area contributed by atoms with E-state index in [1.165, 1.54) is 11.3 Å². The van der Waals surface area contributed by atoms with E-state index in [9.17, 15) is 19.5 Å². The number of carboxylic acid groups (broad SMARTS) is 1. The summed E-state index contributed by atoms with van der Waals surface area (Å²) in [5.41, 5.74) is 0. The van der Waals surface area contributed by atoms with Crippen LogP contribution in [0.25, 0.3) is 0 Å². The van der Waals surface area contributed by atoms with E-state index in [1.807, 2.05) is 0 Å². The summed E-state index contributed by atoms with van der Waals surface area (Å²) in [5.74, 6) is -2.06. The third-order valence-electron chi connectivity index (χ3n) is 4.15. The van der Waals surface area contributed by atoms with Crippen LogP contribution in [0, 0.1) is 5.92 Å². The molecule has 0 spiro atoms. The topological polar surface area (TPSA) is 95.5 Å². The zero-order chi connectivity index (χ0) is 16.8. The van der Waals surface area contributed by atoms with Crippen LogP contribution in [0.3, 0.4) is 0 Å². The van der Waals surface area contributed by atoms with Crippen molar-refractivity contribution in [2.75, 3.05) is 0 Å². The van der Waals surface area contributed by atoms with Crippen LogP contribution >= 0.6 is 11.3 Å². The number of carboxylic acids is 1. The minimum absolute atomic E-state index is 0.293. The number of carbonyl (C=O) groups excluding carboxylic acids is 2. The van der Waals surface area contributed by atoms with E-state index < -0.39 is 17.9 Å². The van der Waals surface area contributed by atoms with Gasteiger partial charge in [-0.1, -0.05) is 25.3 Å². The van der Waals surface area contributed by atoms with Crippen molar-refractivity contribution in [2.24, 2.45) is 5.92 Å². The first-order valence-corrected chi connectivity index (χ1v) is 8.74. The van der Waals surface area contributed by atoms with E-state index >= 15 is 0 Å². The first-order valence-electron chi connectivity index (χ1n) is 7.86. The Bertz CT molecular complexity index is 558. The summed E-state index contributed by atoms with van der Waals surface area (Å²) in [7, 11) is 0. The van der Waals surface area contributed by atoms with Gasteiger partial charge in [0.05, 0.1) is 10.8 Å².